The molecule has 1 aromatic carbocycles. The highest BCUT2D eigenvalue weighted by atomic mass is 28.4. The Hall–Kier alpha value is -1.99. The number of hydrogen-bond donors (Lipinski definition) is 2. The van der Waals surface area contributed by atoms with Crippen LogP contribution in [-0.2, 0) is 20.4 Å². The Morgan fingerprint density at radius 1 is 1.29 bits per heavy atom. The van der Waals surface area contributed by atoms with E-state index in [4.69, 9.17) is 9.53 Å². The highest BCUT2D eigenvalue weighted by molar-refractivity contribution is 6.74. The number of carbonyl (C=O) groups excluding carboxylic acids is 2. The largest absolute Gasteiger partial charge is 0.481 e. The Kier molecular flexibility index (Phi) is 6.50. The van der Waals surface area contributed by atoms with Crippen LogP contribution in [0.2, 0.25) is 18.1 Å². The van der Waals surface area contributed by atoms with Crippen molar-refractivity contribution in [2.45, 2.75) is 70.8 Å². The molecule has 0 spiro atoms. The number of rotatable bonds is 8. The van der Waals surface area contributed by atoms with Crippen molar-refractivity contribution < 1.29 is 23.9 Å². The number of β-lactam (4-membered cyclic amide) rings is 1. The minimum absolute atomic E-state index is 0.0391. The molecule has 1 aliphatic rings. The molecule has 6 nitrogen and oxygen atoms in total. The second-order valence-corrected chi connectivity index (χ2v) is 13.9. The van der Waals surface area contributed by atoms with Gasteiger partial charge in [-0.15, -0.1) is 0 Å². The number of Topliss-reactive ketones (excluding diaryl/α,β-unsaturated/α-hetero) is 1. The second kappa shape index (κ2) is 8.17. The molecule has 3 atom stereocenters. The van der Waals surface area contributed by atoms with Gasteiger partial charge in [0.2, 0.25) is 5.91 Å². The van der Waals surface area contributed by atoms with E-state index in [-0.39, 0.29) is 47.6 Å². The summed E-state index contributed by atoms with van der Waals surface area (Å²) in [5.41, 5.74) is 1.05. The second-order valence-electron chi connectivity index (χ2n) is 9.12. The highest BCUT2D eigenvalue weighted by Gasteiger charge is 2.47. The summed E-state index contributed by atoms with van der Waals surface area (Å²) in [6.45, 7) is 12.7. The Morgan fingerprint density at radius 3 is 2.46 bits per heavy atom. The first-order valence-corrected chi connectivity index (χ1v) is 12.5. The number of nitrogens with one attached hydrogen (secondary N) is 1. The average molecular weight is 406 g/mol. The molecular formula is C21H31NO5Si. The summed E-state index contributed by atoms with van der Waals surface area (Å²) in [4.78, 5) is 35.7. The summed E-state index contributed by atoms with van der Waals surface area (Å²) in [6.07, 6.45) is -0.204. The monoisotopic (exact) mass is 405 g/mol. The lowest BCUT2D eigenvalue weighted by atomic mass is 9.82. The SMILES string of the molecule is C[C@@H](O[Si](C)(C)C(C)(C)C)[C@H]1C(=O)N[C@@H]1CC(=O)c1cccc(CC(=O)O)c1. The van der Waals surface area contributed by atoms with Gasteiger partial charge in [-0.3, -0.25) is 14.4 Å². The van der Waals surface area contributed by atoms with Crippen LogP contribution in [0.3, 0.4) is 0 Å². The lowest BCUT2D eigenvalue weighted by Crippen LogP contribution is -2.64. The predicted molar refractivity (Wildman–Crippen MR) is 110 cm³/mol. The minimum atomic E-state index is -2.02. The molecule has 0 saturated carbocycles. The van der Waals surface area contributed by atoms with Gasteiger partial charge in [0.1, 0.15) is 0 Å². The summed E-state index contributed by atoms with van der Waals surface area (Å²) in [6, 6.07) is 6.41. The molecule has 1 aromatic rings. The van der Waals surface area contributed by atoms with Crippen LogP contribution >= 0.6 is 0 Å². The van der Waals surface area contributed by atoms with Crippen molar-refractivity contribution in [3.63, 3.8) is 0 Å². The number of aliphatic carboxylic acids is 1. The lowest BCUT2D eigenvalue weighted by Gasteiger charge is -2.45. The number of ketones is 1. The Bertz CT molecular complexity index is 768. The van der Waals surface area contributed by atoms with Crippen molar-refractivity contribution in [3.05, 3.63) is 35.4 Å². The van der Waals surface area contributed by atoms with Gasteiger partial charge in [-0.1, -0.05) is 39.0 Å². The van der Waals surface area contributed by atoms with Gasteiger partial charge in [-0.2, -0.15) is 0 Å². The zero-order valence-electron chi connectivity index (χ0n) is 17.5. The molecule has 28 heavy (non-hydrogen) atoms. The van der Waals surface area contributed by atoms with Crippen LogP contribution in [0.15, 0.2) is 24.3 Å². The van der Waals surface area contributed by atoms with Gasteiger partial charge in [0.15, 0.2) is 14.1 Å². The van der Waals surface area contributed by atoms with Crippen LogP contribution in [0.1, 0.15) is 50.0 Å². The number of carboxylic acid groups (broad SMARTS) is 1. The third-order valence-corrected chi connectivity index (χ3v) is 10.4. The minimum Gasteiger partial charge on any atom is -0.481 e. The summed E-state index contributed by atoms with van der Waals surface area (Å²) < 4.78 is 6.36. The number of hydrogen-bond acceptors (Lipinski definition) is 4. The van der Waals surface area contributed by atoms with Gasteiger partial charge in [-0.25, -0.2) is 0 Å². The van der Waals surface area contributed by atoms with Crippen LogP contribution in [-0.4, -0.2) is 43.2 Å². The first-order chi connectivity index (χ1) is 12.8. The molecule has 1 saturated heterocycles. The molecule has 0 unspecified atom stereocenters. The van der Waals surface area contributed by atoms with Crippen LogP contribution in [0.5, 0.6) is 0 Å². The highest BCUT2D eigenvalue weighted by Crippen LogP contribution is 2.39. The molecule has 1 heterocycles. The third-order valence-electron chi connectivity index (χ3n) is 5.87. The topological polar surface area (TPSA) is 92.7 Å². The zero-order chi connectivity index (χ0) is 21.3. The molecule has 0 bridgehead atoms. The molecule has 0 aromatic heterocycles. The normalized spacial score (nSPS) is 20.9. The quantitative estimate of drug-likeness (QED) is 0.393. The molecule has 2 rings (SSSR count). The first kappa shape index (κ1) is 22.3. The van der Waals surface area contributed by atoms with E-state index in [9.17, 15) is 14.4 Å². The summed E-state index contributed by atoms with van der Waals surface area (Å²) >= 11 is 0. The van der Waals surface area contributed by atoms with Gasteiger partial charge < -0.3 is 14.8 Å². The van der Waals surface area contributed by atoms with E-state index in [0.29, 0.717) is 11.1 Å². The van der Waals surface area contributed by atoms with Crippen molar-refractivity contribution in [2.75, 3.05) is 0 Å². The van der Waals surface area contributed by atoms with Crippen molar-refractivity contribution in [1.82, 2.24) is 5.32 Å². The molecule has 1 amide bonds. The van der Waals surface area contributed by atoms with Crippen LogP contribution in [0, 0.1) is 5.92 Å². The third kappa shape index (κ3) is 5.08. The first-order valence-electron chi connectivity index (χ1n) is 9.64. The number of carboxylic acids is 1. The fourth-order valence-electron chi connectivity index (χ4n) is 3.24. The molecule has 1 aliphatic heterocycles. The van der Waals surface area contributed by atoms with Crippen molar-refractivity contribution >= 4 is 26.0 Å². The van der Waals surface area contributed by atoms with E-state index in [2.05, 4.69) is 39.2 Å². The summed E-state index contributed by atoms with van der Waals surface area (Å²) in [5, 5.41) is 11.8. The van der Waals surface area contributed by atoms with E-state index in [1.54, 1.807) is 24.3 Å². The molecule has 2 N–H and O–H groups in total. The van der Waals surface area contributed by atoms with E-state index >= 15 is 0 Å². The van der Waals surface area contributed by atoms with E-state index < -0.39 is 14.3 Å². The van der Waals surface area contributed by atoms with E-state index in [1.165, 1.54) is 0 Å². The van der Waals surface area contributed by atoms with Gasteiger partial charge in [0, 0.05) is 12.0 Å². The van der Waals surface area contributed by atoms with Gasteiger partial charge >= 0.3 is 5.97 Å². The maximum absolute atomic E-state index is 12.7. The Balaban J connectivity index is 2.05. The molecule has 154 valence electrons. The molecule has 0 aliphatic carbocycles. The Labute approximate surface area is 167 Å². The van der Waals surface area contributed by atoms with Crippen LogP contribution in [0.25, 0.3) is 0 Å². The lowest BCUT2D eigenvalue weighted by molar-refractivity contribution is -0.140. The molecule has 7 heteroatoms. The van der Waals surface area contributed by atoms with Crippen LogP contribution < -0.4 is 5.32 Å². The average Bonchev–Trinajstić information content (AvgIpc) is 2.51. The fraction of sp³-hybridized carbons (Fsp3) is 0.571. The van der Waals surface area contributed by atoms with Gasteiger partial charge in [0.05, 0.1) is 24.5 Å². The summed E-state index contributed by atoms with van der Waals surface area (Å²) in [5.74, 6) is -1.47. The number of benzene rings is 1. The van der Waals surface area contributed by atoms with E-state index in [0.717, 1.165) is 0 Å². The molecule has 1 fully saturated rings. The number of amides is 1. The Morgan fingerprint density at radius 2 is 1.93 bits per heavy atom. The number of carbonyl (C=O) groups is 3. The standard InChI is InChI=1S/C21H31NO5Si/c1-13(27-28(5,6)21(2,3)4)19-16(22-20(19)26)12-17(23)15-9-7-8-14(10-15)11-18(24)25/h7-10,13,16,19H,11-12H2,1-6H3,(H,22,26)(H,24,25)/t13-,16-,19-/m1/s1. The predicted octanol–water partition coefficient (Wildman–Crippen LogP) is 3.41. The smallest absolute Gasteiger partial charge is 0.307 e. The maximum atomic E-state index is 12.7. The van der Waals surface area contributed by atoms with Crippen molar-refractivity contribution in [2.24, 2.45) is 5.92 Å². The fourth-order valence-corrected chi connectivity index (χ4v) is 4.66. The maximum Gasteiger partial charge on any atom is 0.307 e. The van der Waals surface area contributed by atoms with Gasteiger partial charge in [-0.05, 0) is 36.7 Å². The zero-order valence-corrected chi connectivity index (χ0v) is 18.5. The summed E-state index contributed by atoms with van der Waals surface area (Å²) in [7, 11) is -2.02. The van der Waals surface area contributed by atoms with Crippen molar-refractivity contribution in [3.8, 4) is 0 Å². The molecule has 0 radical (unpaired) electrons. The molecular weight excluding hydrogens is 374 g/mol. The van der Waals surface area contributed by atoms with Gasteiger partial charge in [0.25, 0.3) is 0 Å². The van der Waals surface area contributed by atoms with Crippen LogP contribution in [0.4, 0.5) is 0 Å². The van der Waals surface area contributed by atoms with E-state index in [1.807, 2.05) is 6.92 Å². The van der Waals surface area contributed by atoms with Crippen molar-refractivity contribution in [1.29, 1.82) is 0 Å².